The van der Waals surface area contributed by atoms with Gasteiger partial charge in [-0.2, -0.15) is 10.4 Å². The first-order valence-electron chi connectivity index (χ1n) is 9.60. The van der Waals surface area contributed by atoms with Crippen LogP contribution in [-0.2, 0) is 0 Å². The fraction of sp³-hybridized carbons (Fsp3) is 0.333. The van der Waals surface area contributed by atoms with E-state index in [1.54, 1.807) is 0 Å². The van der Waals surface area contributed by atoms with Crippen LogP contribution in [0.2, 0.25) is 0 Å². The van der Waals surface area contributed by atoms with Crippen LogP contribution in [0.3, 0.4) is 0 Å². The second-order valence-corrected chi connectivity index (χ2v) is 7.44. The van der Waals surface area contributed by atoms with Crippen LogP contribution in [0.1, 0.15) is 36.1 Å². The number of hydrogen-bond acceptors (Lipinski definition) is 7. The molecule has 2 aromatic heterocycles. The lowest BCUT2D eigenvalue weighted by Gasteiger charge is -2.18. The molecule has 3 aromatic rings. The van der Waals surface area contributed by atoms with Gasteiger partial charge in [-0.25, -0.2) is 9.97 Å². The second-order valence-electron chi connectivity index (χ2n) is 7.44. The van der Waals surface area contributed by atoms with Crippen molar-refractivity contribution < 1.29 is 4.74 Å². The van der Waals surface area contributed by atoms with Gasteiger partial charge in [-0.3, -0.25) is 5.10 Å². The zero-order valence-electron chi connectivity index (χ0n) is 16.4. The molecule has 0 saturated heterocycles. The lowest BCUT2D eigenvalue weighted by molar-refractivity contribution is 0.209. The largest absolute Gasteiger partial charge is 0.490 e. The Bertz CT molecular complexity index is 1050. The summed E-state index contributed by atoms with van der Waals surface area (Å²) in [7, 11) is 0. The van der Waals surface area contributed by atoms with Crippen LogP contribution in [0, 0.1) is 25.2 Å². The van der Waals surface area contributed by atoms with Gasteiger partial charge >= 0.3 is 0 Å². The van der Waals surface area contributed by atoms with E-state index in [1.165, 1.54) is 23.5 Å². The normalized spacial score (nSPS) is 18.4. The van der Waals surface area contributed by atoms with E-state index in [1.807, 2.05) is 12.1 Å². The first-order valence-corrected chi connectivity index (χ1v) is 9.60. The number of aromatic nitrogens is 4. The first kappa shape index (κ1) is 18.9. The van der Waals surface area contributed by atoms with Crippen molar-refractivity contribution in [3.05, 3.63) is 47.4 Å². The number of nitrogens with zero attached hydrogens (tertiary/aromatic N) is 4. The number of benzene rings is 1. The number of hydrogen-bond donors (Lipinski definition) is 3. The summed E-state index contributed by atoms with van der Waals surface area (Å²) in [5.74, 6) is 1.95. The van der Waals surface area contributed by atoms with Crippen LogP contribution in [0.25, 0.3) is 11.3 Å². The van der Waals surface area contributed by atoms with Gasteiger partial charge in [0.2, 0.25) is 0 Å². The van der Waals surface area contributed by atoms with E-state index in [0.717, 1.165) is 36.3 Å². The minimum absolute atomic E-state index is 0.139. The molecule has 148 valence electrons. The second kappa shape index (κ2) is 7.89. The van der Waals surface area contributed by atoms with Crippen molar-refractivity contribution in [2.45, 2.75) is 45.3 Å². The van der Waals surface area contributed by atoms with Crippen LogP contribution in [-0.4, -0.2) is 32.3 Å². The number of anilines is 2. The Balaban J connectivity index is 1.59. The summed E-state index contributed by atoms with van der Waals surface area (Å²) >= 11 is 0. The van der Waals surface area contributed by atoms with Crippen LogP contribution >= 0.6 is 0 Å². The molecule has 1 fully saturated rings. The van der Waals surface area contributed by atoms with E-state index in [0.29, 0.717) is 11.6 Å². The Morgan fingerprint density at radius 1 is 1.14 bits per heavy atom. The molecule has 0 spiro atoms. The van der Waals surface area contributed by atoms with Gasteiger partial charge < -0.3 is 15.8 Å². The molecule has 0 bridgehead atoms. The van der Waals surface area contributed by atoms with E-state index in [4.69, 9.17) is 15.7 Å². The van der Waals surface area contributed by atoms with Crippen molar-refractivity contribution in [2.24, 2.45) is 5.73 Å². The average Bonchev–Trinajstić information content (AvgIpc) is 3.34. The standard InChI is InChI=1S/C21H23N7O/c1-12-5-17(19(6-13(12)2)29-16-4-3-14(23)7-16)18-8-20(28-27-18)26-21-11-24-15(9-22)10-25-21/h5-6,8,10-11,14,16H,3-4,7,23H2,1-2H3,(H2,25,26,27,28)/t14-,16+/m0/s1. The number of rotatable bonds is 5. The molecule has 1 saturated carbocycles. The molecule has 1 aromatic carbocycles. The van der Waals surface area contributed by atoms with Crippen molar-refractivity contribution in [3.8, 4) is 23.1 Å². The highest BCUT2D eigenvalue weighted by atomic mass is 16.5. The molecule has 4 N–H and O–H groups in total. The number of H-pyrrole nitrogens is 1. The third-order valence-corrected chi connectivity index (χ3v) is 5.21. The molecule has 29 heavy (non-hydrogen) atoms. The van der Waals surface area contributed by atoms with Crippen molar-refractivity contribution in [1.29, 1.82) is 5.26 Å². The quantitative estimate of drug-likeness (QED) is 0.611. The fourth-order valence-corrected chi connectivity index (χ4v) is 3.46. The van der Waals surface area contributed by atoms with Gasteiger partial charge in [-0.15, -0.1) is 0 Å². The fourth-order valence-electron chi connectivity index (χ4n) is 3.46. The molecule has 1 aliphatic carbocycles. The summed E-state index contributed by atoms with van der Waals surface area (Å²) in [4.78, 5) is 8.16. The van der Waals surface area contributed by atoms with Crippen molar-refractivity contribution in [1.82, 2.24) is 20.2 Å². The van der Waals surface area contributed by atoms with Crippen LogP contribution in [0.5, 0.6) is 5.75 Å². The molecule has 2 atom stereocenters. The van der Waals surface area contributed by atoms with Crippen LogP contribution in [0.4, 0.5) is 11.6 Å². The van der Waals surface area contributed by atoms with Crippen molar-refractivity contribution >= 4 is 11.6 Å². The van der Waals surface area contributed by atoms with Gasteiger partial charge in [0.15, 0.2) is 11.5 Å². The molecule has 4 rings (SSSR count). The third-order valence-electron chi connectivity index (χ3n) is 5.21. The first-order chi connectivity index (χ1) is 14.0. The number of nitriles is 1. The molecular formula is C21H23N7O. The molecule has 0 amide bonds. The Kier molecular flexibility index (Phi) is 5.14. The topological polar surface area (TPSA) is 126 Å². The number of nitrogens with one attached hydrogen (secondary N) is 2. The maximum absolute atomic E-state index is 8.82. The predicted octanol–water partition coefficient (Wildman–Crippen LogP) is 3.36. The van der Waals surface area contributed by atoms with Gasteiger partial charge in [-0.05, 0) is 56.4 Å². The number of ether oxygens (including phenoxy) is 1. The number of aryl methyl sites for hydroxylation is 2. The molecule has 8 nitrogen and oxygen atoms in total. The van der Waals surface area contributed by atoms with Gasteiger partial charge in [-0.1, -0.05) is 0 Å². The summed E-state index contributed by atoms with van der Waals surface area (Å²) < 4.78 is 6.32. The van der Waals surface area contributed by atoms with Gasteiger partial charge in [0.1, 0.15) is 23.7 Å². The number of nitrogens with two attached hydrogens (primary N) is 1. The lowest BCUT2D eigenvalue weighted by Crippen LogP contribution is -2.19. The highest BCUT2D eigenvalue weighted by Crippen LogP contribution is 2.35. The Labute approximate surface area is 169 Å². The zero-order chi connectivity index (χ0) is 20.4. The SMILES string of the molecule is Cc1cc(O[C@@H]2CC[C@H](N)C2)c(-c2cc(Nc3cnc(C#N)cn3)n[nH]2)cc1C. The molecule has 2 heterocycles. The molecule has 8 heteroatoms. The van der Waals surface area contributed by atoms with E-state index in [-0.39, 0.29) is 17.8 Å². The van der Waals surface area contributed by atoms with E-state index < -0.39 is 0 Å². The molecule has 0 aliphatic heterocycles. The summed E-state index contributed by atoms with van der Waals surface area (Å²) in [6.45, 7) is 4.16. The maximum Gasteiger partial charge on any atom is 0.158 e. The van der Waals surface area contributed by atoms with Crippen LogP contribution in [0.15, 0.2) is 30.6 Å². The maximum atomic E-state index is 8.82. The zero-order valence-corrected chi connectivity index (χ0v) is 16.4. The van der Waals surface area contributed by atoms with E-state index in [2.05, 4.69) is 51.5 Å². The van der Waals surface area contributed by atoms with E-state index in [9.17, 15) is 0 Å². The minimum Gasteiger partial charge on any atom is -0.490 e. The smallest absolute Gasteiger partial charge is 0.158 e. The molecule has 0 radical (unpaired) electrons. The van der Waals surface area contributed by atoms with E-state index >= 15 is 0 Å². The van der Waals surface area contributed by atoms with Crippen molar-refractivity contribution in [3.63, 3.8) is 0 Å². The molecular weight excluding hydrogens is 366 g/mol. The Morgan fingerprint density at radius 2 is 1.97 bits per heavy atom. The molecule has 0 unspecified atom stereocenters. The highest BCUT2D eigenvalue weighted by Gasteiger charge is 2.24. The number of aromatic amines is 1. The van der Waals surface area contributed by atoms with Gasteiger partial charge in [0.05, 0.1) is 18.1 Å². The monoisotopic (exact) mass is 389 g/mol. The average molecular weight is 389 g/mol. The lowest BCUT2D eigenvalue weighted by atomic mass is 10.0. The summed E-state index contributed by atoms with van der Waals surface area (Å²) in [6.07, 6.45) is 5.90. The predicted molar refractivity (Wildman–Crippen MR) is 110 cm³/mol. The summed E-state index contributed by atoms with van der Waals surface area (Å²) in [6, 6.07) is 8.25. The summed E-state index contributed by atoms with van der Waals surface area (Å²) in [5.41, 5.74) is 10.5. The molecule has 1 aliphatic rings. The third kappa shape index (κ3) is 4.20. The Hall–Kier alpha value is -3.44. The van der Waals surface area contributed by atoms with Crippen molar-refractivity contribution in [2.75, 3.05) is 5.32 Å². The summed E-state index contributed by atoms with van der Waals surface area (Å²) in [5, 5.41) is 19.3. The highest BCUT2D eigenvalue weighted by molar-refractivity contribution is 5.72. The minimum atomic E-state index is 0.139. The van der Waals surface area contributed by atoms with Gasteiger partial charge in [0, 0.05) is 17.7 Å². The Morgan fingerprint density at radius 3 is 2.66 bits per heavy atom. The van der Waals surface area contributed by atoms with Gasteiger partial charge in [0.25, 0.3) is 0 Å². The van der Waals surface area contributed by atoms with Crippen LogP contribution < -0.4 is 15.8 Å².